The second kappa shape index (κ2) is 8.23. The number of amidine groups is 1. The molecule has 30 heavy (non-hydrogen) atoms. The minimum Gasteiger partial charge on any atom is -0.378 e. The molecule has 0 unspecified atom stereocenters. The van der Waals surface area contributed by atoms with Crippen molar-refractivity contribution >= 4 is 39.2 Å². The van der Waals surface area contributed by atoms with Gasteiger partial charge >= 0.3 is 10.1 Å². The average molecular weight is 446 g/mol. The van der Waals surface area contributed by atoms with Gasteiger partial charge in [0.25, 0.3) is 0 Å². The summed E-state index contributed by atoms with van der Waals surface area (Å²) in [5, 5.41) is 11.1. The Balaban J connectivity index is 1.91. The van der Waals surface area contributed by atoms with Gasteiger partial charge in [0.05, 0.1) is 11.0 Å². The smallest absolute Gasteiger partial charge is 0.339 e. The number of aryl methyl sites for hydroxylation is 3. The Morgan fingerprint density at radius 2 is 1.83 bits per heavy atom. The standard InChI is InChI=1S/C21H23N3O4S2/c1-13-9-10-14(2)17(11-13)30(26,27)28-18-15(3)7-6-8-16(18)12-22-24-20-23-19(25)21(4,5)29-20/h6-12H,1-5H3,(H,23,24,25)/b22-12-. The van der Waals surface area contributed by atoms with E-state index < -0.39 is 14.9 Å². The molecule has 0 bridgehead atoms. The van der Waals surface area contributed by atoms with Crippen LogP contribution in [0, 0.1) is 20.8 Å². The van der Waals surface area contributed by atoms with Gasteiger partial charge in [0.15, 0.2) is 10.9 Å². The predicted octanol–water partition coefficient (Wildman–Crippen LogP) is 3.71. The highest BCUT2D eigenvalue weighted by molar-refractivity contribution is 8.16. The van der Waals surface area contributed by atoms with Gasteiger partial charge in [0.1, 0.15) is 4.90 Å². The van der Waals surface area contributed by atoms with Gasteiger partial charge in [-0.1, -0.05) is 36.0 Å². The molecule has 1 heterocycles. The fraction of sp³-hybridized carbons (Fsp3) is 0.286. The summed E-state index contributed by atoms with van der Waals surface area (Å²) in [7, 11) is -4.03. The van der Waals surface area contributed by atoms with Gasteiger partial charge in [-0.25, -0.2) is 0 Å². The predicted molar refractivity (Wildman–Crippen MR) is 120 cm³/mol. The van der Waals surface area contributed by atoms with Crippen molar-refractivity contribution in [3.8, 4) is 5.75 Å². The summed E-state index contributed by atoms with van der Waals surface area (Å²) < 4.78 is 30.8. The van der Waals surface area contributed by atoms with Crippen molar-refractivity contribution in [1.29, 1.82) is 0 Å². The Labute approximate surface area is 180 Å². The molecule has 1 saturated heterocycles. The van der Waals surface area contributed by atoms with Gasteiger partial charge in [0.2, 0.25) is 5.91 Å². The number of carbonyl (C=O) groups is 1. The Morgan fingerprint density at radius 3 is 2.50 bits per heavy atom. The topological polar surface area (TPSA) is 97.2 Å². The minimum absolute atomic E-state index is 0.126. The molecule has 2 aromatic carbocycles. The summed E-state index contributed by atoms with van der Waals surface area (Å²) in [5.74, 6) is 0.0476. The number of para-hydroxylation sites is 1. The van der Waals surface area contributed by atoms with Crippen molar-refractivity contribution < 1.29 is 17.4 Å². The fourth-order valence-corrected chi connectivity index (χ4v) is 4.96. The van der Waals surface area contributed by atoms with Crippen LogP contribution in [0.15, 0.2) is 51.5 Å². The first-order valence-electron chi connectivity index (χ1n) is 9.22. The van der Waals surface area contributed by atoms with Gasteiger partial charge in [-0.15, -0.1) is 5.10 Å². The molecule has 2 aromatic rings. The maximum absolute atomic E-state index is 12.9. The van der Waals surface area contributed by atoms with E-state index >= 15 is 0 Å². The maximum atomic E-state index is 12.9. The molecule has 1 amide bonds. The van der Waals surface area contributed by atoms with Gasteiger partial charge in [0, 0.05) is 5.56 Å². The molecular weight excluding hydrogens is 422 g/mol. The number of rotatable bonds is 5. The summed E-state index contributed by atoms with van der Waals surface area (Å²) in [6.45, 7) is 8.89. The number of thioether (sulfide) groups is 1. The lowest BCUT2D eigenvalue weighted by atomic mass is 10.1. The number of benzene rings is 2. The van der Waals surface area contributed by atoms with E-state index in [9.17, 15) is 13.2 Å². The first-order valence-corrected chi connectivity index (χ1v) is 11.4. The minimum atomic E-state index is -4.03. The summed E-state index contributed by atoms with van der Waals surface area (Å²) in [4.78, 5) is 12.0. The number of nitrogens with zero attached hydrogens (tertiary/aromatic N) is 2. The van der Waals surface area contributed by atoms with Crippen molar-refractivity contribution in [3.63, 3.8) is 0 Å². The zero-order valence-corrected chi connectivity index (χ0v) is 19.0. The Kier molecular flexibility index (Phi) is 6.05. The number of hydrogen-bond donors (Lipinski definition) is 1. The van der Waals surface area contributed by atoms with Crippen molar-refractivity contribution in [2.45, 2.75) is 44.3 Å². The van der Waals surface area contributed by atoms with Crippen LogP contribution >= 0.6 is 11.8 Å². The monoisotopic (exact) mass is 445 g/mol. The number of nitrogens with one attached hydrogen (secondary N) is 1. The van der Waals surface area contributed by atoms with Crippen molar-refractivity contribution in [2.75, 3.05) is 0 Å². The van der Waals surface area contributed by atoms with E-state index in [1.807, 2.05) is 13.0 Å². The van der Waals surface area contributed by atoms with E-state index in [0.29, 0.717) is 21.9 Å². The van der Waals surface area contributed by atoms with Crippen LogP contribution in [0.25, 0.3) is 0 Å². The van der Waals surface area contributed by atoms with Gasteiger partial charge in [-0.05, 0) is 63.4 Å². The molecule has 0 aliphatic carbocycles. The summed E-state index contributed by atoms with van der Waals surface area (Å²) in [6, 6.07) is 10.4. The molecule has 0 spiro atoms. The van der Waals surface area contributed by atoms with Crippen LogP contribution in [0.2, 0.25) is 0 Å². The lowest BCUT2D eigenvalue weighted by Gasteiger charge is -2.13. The number of carbonyl (C=O) groups excluding carboxylic acids is 1. The first kappa shape index (κ1) is 22.0. The molecule has 1 N–H and O–H groups in total. The average Bonchev–Trinajstić information content (AvgIpc) is 2.91. The van der Waals surface area contributed by atoms with Crippen LogP contribution in [-0.4, -0.2) is 30.5 Å². The zero-order chi connectivity index (χ0) is 22.1. The summed E-state index contributed by atoms with van der Waals surface area (Å²) in [5.41, 5.74) is 2.53. The largest absolute Gasteiger partial charge is 0.378 e. The third-order valence-corrected chi connectivity index (χ3v) is 6.95. The van der Waals surface area contributed by atoms with Crippen LogP contribution in [0.5, 0.6) is 5.75 Å². The van der Waals surface area contributed by atoms with E-state index in [0.717, 1.165) is 5.56 Å². The second-order valence-corrected chi connectivity index (χ2v) is 10.6. The zero-order valence-electron chi connectivity index (χ0n) is 17.4. The lowest BCUT2D eigenvalue weighted by molar-refractivity contribution is -0.120. The molecule has 0 atom stereocenters. The Hall–Kier alpha value is -2.65. The summed E-state index contributed by atoms with van der Waals surface area (Å²) in [6.07, 6.45) is 1.41. The quantitative estimate of drug-likeness (QED) is 0.430. The molecule has 7 nitrogen and oxygen atoms in total. The molecular formula is C21H23N3O4S2. The van der Waals surface area contributed by atoms with E-state index in [1.165, 1.54) is 18.0 Å². The highest BCUT2D eigenvalue weighted by Crippen LogP contribution is 2.31. The molecule has 1 aliphatic heterocycles. The molecule has 1 fully saturated rings. The highest BCUT2D eigenvalue weighted by atomic mass is 32.2. The van der Waals surface area contributed by atoms with Gasteiger partial charge in [-0.2, -0.15) is 13.5 Å². The van der Waals surface area contributed by atoms with E-state index in [-0.39, 0.29) is 16.6 Å². The second-order valence-electron chi connectivity index (χ2n) is 7.52. The molecule has 1 aliphatic rings. The fourth-order valence-electron chi connectivity index (χ4n) is 2.77. The van der Waals surface area contributed by atoms with Crippen LogP contribution in [0.1, 0.15) is 36.1 Å². The van der Waals surface area contributed by atoms with E-state index in [1.54, 1.807) is 58.0 Å². The summed E-state index contributed by atoms with van der Waals surface area (Å²) >= 11 is 1.28. The van der Waals surface area contributed by atoms with Crippen molar-refractivity contribution in [1.82, 2.24) is 5.32 Å². The van der Waals surface area contributed by atoms with Crippen molar-refractivity contribution in [3.05, 3.63) is 58.7 Å². The maximum Gasteiger partial charge on any atom is 0.339 e. The van der Waals surface area contributed by atoms with E-state index in [4.69, 9.17) is 4.18 Å². The molecule has 0 aromatic heterocycles. The number of hydrogen-bond acceptors (Lipinski definition) is 7. The number of amides is 1. The third-order valence-electron chi connectivity index (χ3n) is 4.51. The first-order chi connectivity index (χ1) is 14.0. The van der Waals surface area contributed by atoms with Crippen LogP contribution in [0.3, 0.4) is 0 Å². The van der Waals surface area contributed by atoms with Crippen molar-refractivity contribution in [2.24, 2.45) is 10.2 Å². The van der Waals surface area contributed by atoms with Gasteiger partial charge < -0.3 is 9.50 Å². The van der Waals surface area contributed by atoms with Gasteiger partial charge in [-0.3, -0.25) is 4.79 Å². The third kappa shape index (κ3) is 4.73. The van der Waals surface area contributed by atoms with E-state index in [2.05, 4.69) is 15.5 Å². The molecule has 0 radical (unpaired) electrons. The Bertz CT molecular complexity index is 1170. The van der Waals surface area contributed by atoms with Crippen LogP contribution in [-0.2, 0) is 14.9 Å². The lowest BCUT2D eigenvalue weighted by Crippen LogP contribution is -2.30. The Morgan fingerprint density at radius 1 is 1.10 bits per heavy atom. The van der Waals surface area contributed by atoms with Crippen LogP contribution in [0.4, 0.5) is 0 Å². The molecule has 3 rings (SSSR count). The highest BCUT2D eigenvalue weighted by Gasteiger charge is 2.38. The molecule has 9 heteroatoms. The SMILES string of the molecule is Cc1ccc(C)c(S(=O)(=O)Oc2c(C)cccc2/C=N\N=C2\NC(=O)C(C)(C)S2)c1. The van der Waals surface area contributed by atoms with Crippen LogP contribution < -0.4 is 9.50 Å². The normalized spacial score (nSPS) is 17.5. The molecule has 158 valence electrons. The molecule has 0 saturated carbocycles.